The summed E-state index contributed by atoms with van der Waals surface area (Å²) in [5.41, 5.74) is 4.46. The van der Waals surface area contributed by atoms with E-state index in [1.54, 1.807) is 6.92 Å². The van der Waals surface area contributed by atoms with Crippen LogP contribution in [0.25, 0.3) is 0 Å². The van der Waals surface area contributed by atoms with Crippen molar-refractivity contribution in [3.8, 4) is 0 Å². The summed E-state index contributed by atoms with van der Waals surface area (Å²) in [6.45, 7) is 3.17. The van der Waals surface area contributed by atoms with Gasteiger partial charge in [-0.2, -0.15) is 0 Å². The highest BCUT2D eigenvalue weighted by molar-refractivity contribution is 5.78. The van der Waals surface area contributed by atoms with Crippen LogP contribution in [-0.2, 0) is 9.53 Å². The Morgan fingerprint density at radius 2 is 2.50 bits per heavy atom. The van der Waals surface area contributed by atoms with Gasteiger partial charge in [0.25, 0.3) is 0 Å². The summed E-state index contributed by atoms with van der Waals surface area (Å²) in [5.74, 6) is -0.325. The average Bonchev–Trinajstić information content (AvgIpc) is 2.61. The molecule has 2 unspecified atom stereocenters. The summed E-state index contributed by atoms with van der Waals surface area (Å²) in [4.78, 5) is 11.3. The lowest BCUT2D eigenvalue weighted by Crippen LogP contribution is -2.45. The highest BCUT2D eigenvalue weighted by Crippen LogP contribution is 2.16. The van der Waals surface area contributed by atoms with E-state index in [0.29, 0.717) is 26.2 Å². The number of amides is 1. The lowest BCUT2D eigenvalue weighted by molar-refractivity contribution is -0.125. The van der Waals surface area contributed by atoms with Crippen molar-refractivity contribution < 1.29 is 14.6 Å². The summed E-state index contributed by atoms with van der Waals surface area (Å²) >= 11 is 0. The van der Waals surface area contributed by atoms with Gasteiger partial charge in [0.15, 0.2) is 0 Å². The zero-order valence-corrected chi connectivity index (χ0v) is 8.45. The molecule has 0 aromatic carbocycles. The van der Waals surface area contributed by atoms with Crippen molar-refractivity contribution in [3.05, 3.63) is 0 Å². The highest BCUT2D eigenvalue weighted by atomic mass is 16.5. The molecule has 1 aliphatic rings. The van der Waals surface area contributed by atoms with Gasteiger partial charge < -0.3 is 20.9 Å². The number of rotatable bonds is 4. The molecule has 0 aromatic rings. The molecule has 5 heteroatoms. The smallest absolute Gasteiger partial charge is 0.224 e. The van der Waals surface area contributed by atoms with Crippen LogP contribution in [0, 0.1) is 5.92 Å². The number of hydrogen-bond acceptors (Lipinski definition) is 4. The van der Waals surface area contributed by atoms with Crippen LogP contribution in [0.1, 0.15) is 13.3 Å². The van der Waals surface area contributed by atoms with Gasteiger partial charge in [-0.15, -0.1) is 0 Å². The fourth-order valence-electron chi connectivity index (χ4n) is 1.27. The molecule has 0 aliphatic carbocycles. The Morgan fingerprint density at radius 3 is 3.00 bits per heavy atom. The van der Waals surface area contributed by atoms with Gasteiger partial charge in [0.1, 0.15) is 5.60 Å². The Kier molecular flexibility index (Phi) is 3.86. The lowest BCUT2D eigenvalue weighted by Gasteiger charge is -2.21. The van der Waals surface area contributed by atoms with E-state index < -0.39 is 5.60 Å². The van der Waals surface area contributed by atoms with Gasteiger partial charge in [0, 0.05) is 32.0 Å². The van der Waals surface area contributed by atoms with Crippen molar-refractivity contribution in [3.63, 3.8) is 0 Å². The van der Waals surface area contributed by atoms with Gasteiger partial charge in [-0.1, -0.05) is 6.92 Å². The Hall–Kier alpha value is -0.650. The zero-order chi connectivity index (χ0) is 10.6. The zero-order valence-electron chi connectivity index (χ0n) is 8.45. The van der Waals surface area contributed by atoms with E-state index in [1.807, 2.05) is 0 Å². The molecule has 1 amide bonds. The Labute approximate surface area is 83.6 Å². The maximum absolute atomic E-state index is 11.3. The van der Waals surface area contributed by atoms with Crippen LogP contribution >= 0.6 is 0 Å². The van der Waals surface area contributed by atoms with E-state index in [9.17, 15) is 9.90 Å². The molecule has 1 aliphatic heterocycles. The monoisotopic (exact) mass is 202 g/mol. The number of nitrogens with two attached hydrogens (primary N) is 1. The summed E-state index contributed by atoms with van der Waals surface area (Å²) in [6.07, 6.45) is 0.574. The van der Waals surface area contributed by atoms with Crippen LogP contribution in [-0.4, -0.2) is 42.9 Å². The summed E-state index contributed by atoms with van der Waals surface area (Å²) < 4.78 is 5.05. The van der Waals surface area contributed by atoms with Crippen LogP contribution in [0.5, 0.6) is 0 Å². The fourth-order valence-corrected chi connectivity index (χ4v) is 1.27. The number of carbonyl (C=O) groups is 1. The number of ether oxygens (including phenoxy) is 1. The molecule has 5 nitrogen and oxygen atoms in total. The van der Waals surface area contributed by atoms with Crippen molar-refractivity contribution in [1.29, 1.82) is 0 Å². The Morgan fingerprint density at radius 1 is 1.79 bits per heavy atom. The largest absolute Gasteiger partial charge is 0.386 e. The molecule has 1 fully saturated rings. The first kappa shape index (κ1) is 11.4. The first-order valence-electron chi connectivity index (χ1n) is 4.85. The molecule has 0 saturated carbocycles. The second-order valence-electron chi connectivity index (χ2n) is 3.88. The molecule has 0 aromatic heterocycles. The topological polar surface area (TPSA) is 84.6 Å². The van der Waals surface area contributed by atoms with Gasteiger partial charge >= 0.3 is 0 Å². The van der Waals surface area contributed by atoms with Crippen LogP contribution in [0.4, 0.5) is 0 Å². The number of carbonyl (C=O) groups excluding carboxylic acids is 1. The van der Waals surface area contributed by atoms with Crippen molar-refractivity contribution >= 4 is 5.91 Å². The molecule has 1 saturated heterocycles. The van der Waals surface area contributed by atoms with Gasteiger partial charge in [-0.05, 0) is 0 Å². The van der Waals surface area contributed by atoms with Crippen molar-refractivity contribution in [2.45, 2.75) is 18.9 Å². The second kappa shape index (κ2) is 4.72. The molecular formula is C9H18N2O3. The van der Waals surface area contributed by atoms with Gasteiger partial charge in [-0.25, -0.2) is 0 Å². The quantitative estimate of drug-likeness (QED) is 0.537. The molecule has 82 valence electrons. The summed E-state index contributed by atoms with van der Waals surface area (Å²) in [6, 6.07) is 0. The van der Waals surface area contributed by atoms with Gasteiger partial charge in [0.05, 0.1) is 6.61 Å². The van der Waals surface area contributed by atoms with E-state index in [4.69, 9.17) is 10.5 Å². The van der Waals surface area contributed by atoms with E-state index in [-0.39, 0.29) is 18.4 Å². The normalized spacial score (nSPS) is 28.8. The number of aliphatic hydroxyl groups is 1. The van der Waals surface area contributed by atoms with Gasteiger partial charge in [0.2, 0.25) is 5.91 Å². The number of hydrogen-bond donors (Lipinski definition) is 3. The average molecular weight is 202 g/mol. The van der Waals surface area contributed by atoms with Crippen LogP contribution in [0.3, 0.4) is 0 Å². The standard InChI is InChI=1S/C9H18N2O3/c1-7(4-10)8(12)11-5-9(13)2-3-14-6-9/h7,13H,2-6,10H2,1H3,(H,11,12). The highest BCUT2D eigenvalue weighted by Gasteiger charge is 2.32. The van der Waals surface area contributed by atoms with E-state index in [1.165, 1.54) is 0 Å². The fraction of sp³-hybridized carbons (Fsp3) is 0.889. The molecule has 1 heterocycles. The van der Waals surface area contributed by atoms with E-state index in [0.717, 1.165) is 0 Å². The molecule has 0 radical (unpaired) electrons. The van der Waals surface area contributed by atoms with Crippen LogP contribution in [0.15, 0.2) is 0 Å². The van der Waals surface area contributed by atoms with Crippen LogP contribution < -0.4 is 11.1 Å². The maximum Gasteiger partial charge on any atom is 0.224 e. The molecule has 0 spiro atoms. The SMILES string of the molecule is CC(CN)C(=O)NCC1(O)CCOC1. The first-order valence-corrected chi connectivity index (χ1v) is 4.85. The van der Waals surface area contributed by atoms with E-state index >= 15 is 0 Å². The Bertz CT molecular complexity index is 202. The minimum Gasteiger partial charge on any atom is -0.386 e. The summed E-state index contributed by atoms with van der Waals surface area (Å²) in [5, 5.41) is 12.5. The third-order valence-corrected chi connectivity index (χ3v) is 2.48. The molecule has 14 heavy (non-hydrogen) atoms. The molecule has 4 N–H and O–H groups in total. The minimum absolute atomic E-state index is 0.118. The Balaban J connectivity index is 2.29. The third-order valence-electron chi connectivity index (χ3n) is 2.48. The van der Waals surface area contributed by atoms with Crippen LogP contribution in [0.2, 0.25) is 0 Å². The van der Waals surface area contributed by atoms with E-state index in [2.05, 4.69) is 5.32 Å². The van der Waals surface area contributed by atoms with Crippen molar-refractivity contribution in [2.75, 3.05) is 26.3 Å². The molecule has 1 rings (SSSR count). The lowest BCUT2D eigenvalue weighted by atomic mass is 10.0. The molecule has 0 bridgehead atoms. The minimum atomic E-state index is -0.885. The third kappa shape index (κ3) is 2.94. The van der Waals surface area contributed by atoms with Crippen molar-refractivity contribution in [2.24, 2.45) is 11.7 Å². The first-order chi connectivity index (χ1) is 6.57. The predicted molar refractivity (Wildman–Crippen MR) is 51.6 cm³/mol. The predicted octanol–water partition coefficient (Wildman–Crippen LogP) is -1.15. The maximum atomic E-state index is 11.3. The summed E-state index contributed by atoms with van der Waals surface area (Å²) in [7, 11) is 0. The van der Waals surface area contributed by atoms with Crippen molar-refractivity contribution in [1.82, 2.24) is 5.32 Å². The van der Waals surface area contributed by atoms with Gasteiger partial charge in [-0.3, -0.25) is 4.79 Å². The molecule has 2 atom stereocenters. The second-order valence-corrected chi connectivity index (χ2v) is 3.88. The number of nitrogens with one attached hydrogen (secondary N) is 1. The molecular weight excluding hydrogens is 184 g/mol.